The molecule has 1 saturated carbocycles. The van der Waals surface area contributed by atoms with E-state index in [2.05, 4.69) is 34.7 Å². The molecule has 0 aromatic carbocycles. The molecule has 4 nitrogen and oxygen atoms in total. The zero-order valence-electron chi connectivity index (χ0n) is 13.1. The Morgan fingerprint density at radius 1 is 1.48 bits per heavy atom. The number of imidazole rings is 1. The first kappa shape index (κ1) is 14.9. The largest absolute Gasteiger partial charge is 0.355 e. The number of rotatable bonds is 8. The highest BCUT2D eigenvalue weighted by Crippen LogP contribution is 2.33. The van der Waals surface area contributed by atoms with Crippen molar-refractivity contribution in [3.8, 4) is 0 Å². The van der Waals surface area contributed by atoms with Crippen molar-refractivity contribution in [3.63, 3.8) is 0 Å². The lowest BCUT2D eigenvalue weighted by Crippen LogP contribution is -2.29. The van der Waals surface area contributed by atoms with Gasteiger partial charge < -0.3 is 10.6 Å². The van der Waals surface area contributed by atoms with E-state index in [0.717, 1.165) is 43.2 Å². The van der Waals surface area contributed by atoms with Crippen molar-refractivity contribution < 1.29 is 0 Å². The summed E-state index contributed by atoms with van der Waals surface area (Å²) in [5.74, 6) is 2.06. The lowest BCUT2D eigenvalue weighted by atomic mass is 10.1. The molecule has 0 aliphatic heterocycles. The van der Waals surface area contributed by atoms with Gasteiger partial charge in [-0.1, -0.05) is 13.8 Å². The summed E-state index contributed by atoms with van der Waals surface area (Å²) in [7, 11) is 0. The van der Waals surface area contributed by atoms with Gasteiger partial charge in [-0.05, 0) is 31.6 Å². The molecule has 1 unspecified atom stereocenters. The summed E-state index contributed by atoms with van der Waals surface area (Å²) in [6, 6.07) is 0.216. The minimum atomic E-state index is 0.216. The van der Waals surface area contributed by atoms with Crippen molar-refractivity contribution >= 4 is 22.1 Å². The van der Waals surface area contributed by atoms with Gasteiger partial charge in [-0.25, -0.2) is 4.98 Å². The minimum absolute atomic E-state index is 0.216. The van der Waals surface area contributed by atoms with Crippen LogP contribution in [0.2, 0.25) is 0 Å². The van der Waals surface area contributed by atoms with E-state index in [9.17, 15) is 0 Å². The number of anilines is 1. The predicted octanol–water partition coefficient (Wildman–Crippen LogP) is 3.30. The van der Waals surface area contributed by atoms with Gasteiger partial charge >= 0.3 is 0 Å². The van der Waals surface area contributed by atoms with Crippen LogP contribution in [0.3, 0.4) is 0 Å². The monoisotopic (exact) mass is 306 g/mol. The number of hydrogen-bond donors (Lipinski definition) is 1. The number of hydrogen-bond acceptors (Lipinski definition) is 4. The van der Waals surface area contributed by atoms with Crippen LogP contribution in [0.25, 0.3) is 4.96 Å². The van der Waals surface area contributed by atoms with Crippen molar-refractivity contribution in [3.05, 3.63) is 17.3 Å². The second-order valence-corrected chi connectivity index (χ2v) is 7.07. The third-order valence-corrected chi connectivity index (χ3v) is 5.05. The summed E-state index contributed by atoms with van der Waals surface area (Å²) in [4.78, 5) is 8.50. The molecule has 1 aliphatic carbocycles. The van der Waals surface area contributed by atoms with Crippen LogP contribution in [-0.2, 0) is 6.42 Å². The van der Waals surface area contributed by atoms with Crippen LogP contribution in [0.5, 0.6) is 0 Å². The molecule has 116 valence electrons. The topological polar surface area (TPSA) is 46.6 Å². The molecule has 2 N–H and O–H groups in total. The quantitative estimate of drug-likeness (QED) is 0.814. The van der Waals surface area contributed by atoms with Crippen LogP contribution in [-0.4, -0.2) is 28.5 Å². The van der Waals surface area contributed by atoms with E-state index < -0.39 is 0 Å². The van der Waals surface area contributed by atoms with Gasteiger partial charge in [0.1, 0.15) is 0 Å². The average Bonchev–Trinajstić information content (AvgIpc) is 3.07. The summed E-state index contributed by atoms with van der Waals surface area (Å²) in [5.41, 5.74) is 7.52. The second kappa shape index (κ2) is 6.36. The van der Waals surface area contributed by atoms with Crippen LogP contribution in [0.15, 0.2) is 11.6 Å². The molecule has 2 heterocycles. The van der Waals surface area contributed by atoms with Crippen LogP contribution in [0, 0.1) is 5.92 Å². The molecule has 3 rings (SSSR count). The molecule has 0 amide bonds. The summed E-state index contributed by atoms with van der Waals surface area (Å²) in [5, 5.41) is 2.11. The van der Waals surface area contributed by atoms with E-state index in [1.165, 1.54) is 24.4 Å². The smallest absolute Gasteiger partial charge is 0.195 e. The Hall–Kier alpha value is -1.07. The first-order valence-corrected chi connectivity index (χ1v) is 9.05. The SMILES string of the molecule is CCCN(CC1CC1)c1nc2sccn2c1CC(N)CC. The summed E-state index contributed by atoms with van der Waals surface area (Å²) in [6.07, 6.45) is 7.98. The van der Waals surface area contributed by atoms with E-state index in [-0.39, 0.29) is 6.04 Å². The van der Waals surface area contributed by atoms with Crippen LogP contribution < -0.4 is 10.6 Å². The predicted molar refractivity (Wildman–Crippen MR) is 90.3 cm³/mol. The summed E-state index contributed by atoms with van der Waals surface area (Å²) < 4.78 is 2.24. The highest BCUT2D eigenvalue weighted by molar-refractivity contribution is 7.15. The molecule has 0 spiro atoms. The van der Waals surface area contributed by atoms with Crippen molar-refractivity contribution in [2.75, 3.05) is 18.0 Å². The molecule has 1 atom stereocenters. The van der Waals surface area contributed by atoms with Gasteiger partial charge in [0, 0.05) is 37.1 Å². The molecule has 0 saturated heterocycles. The maximum absolute atomic E-state index is 6.22. The number of fused-ring (bicyclic) bond motifs is 1. The maximum Gasteiger partial charge on any atom is 0.195 e. The standard InChI is InChI=1S/C16H26N4S/c1-3-7-19(11-12-5-6-12)15-14(10-13(17)4-2)20-8-9-21-16(20)18-15/h8-9,12-13H,3-7,10-11,17H2,1-2H3. The van der Waals surface area contributed by atoms with Gasteiger partial charge in [0.2, 0.25) is 0 Å². The van der Waals surface area contributed by atoms with Gasteiger partial charge in [0.15, 0.2) is 10.8 Å². The fourth-order valence-corrected chi connectivity index (χ4v) is 3.55. The number of nitrogens with zero attached hydrogens (tertiary/aromatic N) is 3. The summed E-state index contributed by atoms with van der Waals surface area (Å²) in [6.45, 7) is 6.66. The van der Waals surface area contributed by atoms with E-state index in [0.29, 0.717) is 0 Å². The lowest BCUT2D eigenvalue weighted by molar-refractivity contribution is 0.627. The van der Waals surface area contributed by atoms with Crippen LogP contribution in [0.4, 0.5) is 5.82 Å². The highest BCUT2D eigenvalue weighted by Gasteiger charge is 2.27. The van der Waals surface area contributed by atoms with Crippen LogP contribution >= 0.6 is 11.3 Å². The first-order valence-electron chi connectivity index (χ1n) is 8.17. The Balaban J connectivity index is 1.93. The van der Waals surface area contributed by atoms with Gasteiger partial charge in [-0.3, -0.25) is 4.40 Å². The Labute approximate surface area is 131 Å². The van der Waals surface area contributed by atoms with Gasteiger partial charge in [0.25, 0.3) is 0 Å². The van der Waals surface area contributed by atoms with E-state index in [4.69, 9.17) is 10.7 Å². The fourth-order valence-electron chi connectivity index (χ4n) is 2.82. The first-order chi connectivity index (χ1) is 10.2. The average molecular weight is 306 g/mol. The molecule has 2 aromatic rings. The summed E-state index contributed by atoms with van der Waals surface area (Å²) >= 11 is 1.71. The third kappa shape index (κ3) is 3.24. The lowest BCUT2D eigenvalue weighted by Gasteiger charge is -2.24. The van der Waals surface area contributed by atoms with E-state index in [1.807, 2.05) is 0 Å². The van der Waals surface area contributed by atoms with Gasteiger partial charge in [-0.2, -0.15) is 0 Å². The molecular formula is C16H26N4S. The molecule has 0 bridgehead atoms. The third-order valence-electron chi connectivity index (χ3n) is 4.29. The van der Waals surface area contributed by atoms with Crippen molar-refractivity contribution in [2.24, 2.45) is 11.7 Å². The number of thiazole rings is 1. The van der Waals surface area contributed by atoms with E-state index >= 15 is 0 Å². The fraction of sp³-hybridized carbons (Fsp3) is 0.688. The molecule has 1 aliphatic rings. The number of aromatic nitrogens is 2. The molecule has 5 heteroatoms. The zero-order valence-corrected chi connectivity index (χ0v) is 13.9. The number of nitrogens with two attached hydrogens (primary N) is 1. The highest BCUT2D eigenvalue weighted by atomic mass is 32.1. The Morgan fingerprint density at radius 3 is 2.95 bits per heavy atom. The molecule has 2 aromatic heterocycles. The van der Waals surface area contributed by atoms with Gasteiger partial charge in [0.05, 0.1) is 5.69 Å². The molecular weight excluding hydrogens is 280 g/mol. The minimum Gasteiger partial charge on any atom is -0.355 e. The second-order valence-electron chi connectivity index (χ2n) is 6.20. The molecule has 0 radical (unpaired) electrons. The molecule has 21 heavy (non-hydrogen) atoms. The Bertz CT molecular complexity index is 584. The Kier molecular flexibility index (Phi) is 4.50. The normalized spacial score (nSPS) is 16.5. The van der Waals surface area contributed by atoms with Gasteiger partial charge in [-0.15, -0.1) is 11.3 Å². The molecule has 1 fully saturated rings. The maximum atomic E-state index is 6.22. The van der Waals surface area contributed by atoms with Crippen molar-refractivity contribution in [1.29, 1.82) is 0 Å². The van der Waals surface area contributed by atoms with E-state index in [1.54, 1.807) is 11.3 Å². The van der Waals surface area contributed by atoms with Crippen molar-refractivity contribution in [2.45, 2.75) is 52.0 Å². The van der Waals surface area contributed by atoms with Crippen LogP contribution in [0.1, 0.15) is 45.2 Å². The van der Waals surface area contributed by atoms with Crippen molar-refractivity contribution in [1.82, 2.24) is 9.38 Å². The Morgan fingerprint density at radius 2 is 2.29 bits per heavy atom. The zero-order chi connectivity index (χ0) is 14.8.